The second kappa shape index (κ2) is 8.96. The van der Waals surface area contributed by atoms with Gasteiger partial charge in [0, 0.05) is 15.6 Å². The van der Waals surface area contributed by atoms with Crippen LogP contribution >= 0.6 is 22.9 Å². The minimum Gasteiger partial charge on any atom is -0.491 e. The number of hydrogen-bond donors (Lipinski definition) is 1. The monoisotopic (exact) mass is 452 g/mol. The van der Waals surface area contributed by atoms with Gasteiger partial charge >= 0.3 is 0 Å². The van der Waals surface area contributed by atoms with Crippen LogP contribution in [0.5, 0.6) is 5.75 Å². The van der Waals surface area contributed by atoms with Crippen LogP contribution in [0.2, 0.25) is 5.02 Å². The molecule has 0 unspecified atom stereocenters. The summed E-state index contributed by atoms with van der Waals surface area (Å²) in [5.41, 5.74) is 2.58. The summed E-state index contributed by atoms with van der Waals surface area (Å²) in [5.74, 6) is -0.320. The Labute approximate surface area is 189 Å². The van der Waals surface area contributed by atoms with Crippen molar-refractivity contribution in [3.63, 3.8) is 0 Å². The average Bonchev–Trinajstić information content (AvgIpc) is 3.36. The van der Waals surface area contributed by atoms with Gasteiger partial charge in [0.15, 0.2) is 0 Å². The molecule has 2 aromatic carbocycles. The van der Waals surface area contributed by atoms with Crippen LogP contribution in [-0.2, 0) is 9.59 Å². The lowest BCUT2D eigenvalue weighted by atomic mass is 10.1. The first-order valence-corrected chi connectivity index (χ1v) is 11.2. The predicted molar refractivity (Wildman–Crippen MR) is 126 cm³/mol. The fourth-order valence-corrected chi connectivity index (χ4v) is 4.29. The maximum Gasteiger partial charge on any atom is 0.282 e. The second-order valence-electron chi connectivity index (χ2n) is 7.07. The van der Waals surface area contributed by atoms with E-state index < -0.39 is 5.91 Å². The fourth-order valence-electron chi connectivity index (χ4n) is 3.35. The molecule has 0 saturated heterocycles. The Hall–Kier alpha value is -3.09. The first-order valence-electron chi connectivity index (χ1n) is 9.93. The summed E-state index contributed by atoms with van der Waals surface area (Å²) >= 11 is 7.57. The zero-order valence-electron chi connectivity index (χ0n) is 17.1. The molecule has 3 aromatic rings. The molecule has 0 fully saturated rings. The number of nitrogens with one attached hydrogen (secondary N) is 1. The lowest BCUT2D eigenvalue weighted by Gasteiger charge is -2.19. The van der Waals surface area contributed by atoms with E-state index in [1.807, 2.05) is 43.5 Å². The molecule has 1 aliphatic heterocycles. The number of halogens is 1. The third-order valence-corrected chi connectivity index (χ3v) is 6.00. The topological polar surface area (TPSA) is 58.6 Å². The van der Waals surface area contributed by atoms with E-state index in [-0.39, 0.29) is 11.6 Å². The van der Waals surface area contributed by atoms with Crippen LogP contribution in [0.15, 0.2) is 65.7 Å². The molecule has 0 atom stereocenters. The number of benzene rings is 2. The number of aryl methyl sites for hydroxylation is 1. The van der Waals surface area contributed by atoms with Gasteiger partial charge in [-0.15, -0.1) is 11.3 Å². The quantitative estimate of drug-likeness (QED) is 0.454. The van der Waals surface area contributed by atoms with Crippen molar-refractivity contribution < 1.29 is 14.3 Å². The van der Waals surface area contributed by atoms with E-state index in [0.717, 1.165) is 16.9 Å². The van der Waals surface area contributed by atoms with Gasteiger partial charge in [-0.1, -0.05) is 42.8 Å². The van der Waals surface area contributed by atoms with Crippen LogP contribution in [0.1, 0.15) is 23.8 Å². The number of anilines is 2. The SMILES string of the molecule is CCCOc1ccccc1N1C(=O)C(Nc2cc(Cl)ccc2C)=C(c2cccs2)C1=O. The van der Waals surface area contributed by atoms with Gasteiger partial charge in [-0.3, -0.25) is 9.59 Å². The lowest BCUT2D eigenvalue weighted by molar-refractivity contribution is -0.120. The maximum atomic E-state index is 13.5. The molecule has 7 heteroatoms. The van der Waals surface area contributed by atoms with Gasteiger partial charge < -0.3 is 10.1 Å². The highest BCUT2D eigenvalue weighted by Crippen LogP contribution is 2.39. The molecule has 1 aliphatic rings. The lowest BCUT2D eigenvalue weighted by Crippen LogP contribution is -2.32. The molecule has 2 heterocycles. The minimum absolute atomic E-state index is 0.225. The summed E-state index contributed by atoms with van der Waals surface area (Å²) in [6, 6.07) is 16.2. The number of rotatable bonds is 7. The van der Waals surface area contributed by atoms with Crippen molar-refractivity contribution in [2.75, 3.05) is 16.8 Å². The summed E-state index contributed by atoms with van der Waals surface area (Å²) in [6.45, 7) is 4.41. The molecular weight excluding hydrogens is 432 g/mol. The summed E-state index contributed by atoms with van der Waals surface area (Å²) in [6.07, 6.45) is 0.815. The van der Waals surface area contributed by atoms with Crippen LogP contribution in [0, 0.1) is 6.92 Å². The summed E-state index contributed by atoms with van der Waals surface area (Å²) in [7, 11) is 0. The minimum atomic E-state index is -0.430. The Morgan fingerprint density at radius 2 is 1.87 bits per heavy atom. The average molecular weight is 453 g/mol. The molecule has 1 N–H and O–H groups in total. The van der Waals surface area contributed by atoms with E-state index >= 15 is 0 Å². The van der Waals surface area contributed by atoms with Crippen molar-refractivity contribution >= 4 is 51.7 Å². The summed E-state index contributed by atoms with van der Waals surface area (Å²) < 4.78 is 5.81. The number of hydrogen-bond acceptors (Lipinski definition) is 5. The Morgan fingerprint density at radius 3 is 2.61 bits per heavy atom. The van der Waals surface area contributed by atoms with Gasteiger partial charge in [0.2, 0.25) is 0 Å². The van der Waals surface area contributed by atoms with E-state index in [9.17, 15) is 9.59 Å². The molecule has 5 nitrogen and oxygen atoms in total. The van der Waals surface area contributed by atoms with Gasteiger partial charge in [-0.05, 0) is 54.6 Å². The van der Waals surface area contributed by atoms with Gasteiger partial charge in [0.25, 0.3) is 11.8 Å². The number of imide groups is 1. The number of para-hydroxylation sites is 2. The van der Waals surface area contributed by atoms with Gasteiger partial charge in [0.1, 0.15) is 11.4 Å². The molecule has 31 heavy (non-hydrogen) atoms. The van der Waals surface area contributed by atoms with Gasteiger partial charge in [-0.25, -0.2) is 4.90 Å². The fraction of sp³-hybridized carbons (Fsp3) is 0.167. The first kappa shape index (κ1) is 21.2. The van der Waals surface area contributed by atoms with Crippen molar-refractivity contribution in [2.45, 2.75) is 20.3 Å². The Kier molecular flexibility index (Phi) is 6.11. The second-order valence-corrected chi connectivity index (χ2v) is 8.46. The van der Waals surface area contributed by atoms with Gasteiger partial charge in [-0.2, -0.15) is 0 Å². The van der Waals surface area contributed by atoms with Crippen LogP contribution in [0.25, 0.3) is 5.57 Å². The normalized spacial score (nSPS) is 13.8. The Bertz CT molecular complexity index is 1170. The van der Waals surface area contributed by atoms with Crippen LogP contribution in [0.4, 0.5) is 11.4 Å². The van der Waals surface area contributed by atoms with Crippen molar-refractivity contribution in [1.29, 1.82) is 0 Å². The molecule has 0 bridgehead atoms. The van der Waals surface area contributed by atoms with Crippen LogP contribution < -0.4 is 15.0 Å². The zero-order valence-corrected chi connectivity index (χ0v) is 18.7. The van der Waals surface area contributed by atoms with E-state index in [1.54, 1.807) is 30.3 Å². The van der Waals surface area contributed by atoms with Crippen molar-refractivity contribution in [1.82, 2.24) is 0 Å². The highest BCUT2D eigenvalue weighted by atomic mass is 35.5. The molecule has 4 rings (SSSR count). The van der Waals surface area contributed by atoms with E-state index in [2.05, 4.69) is 5.32 Å². The number of thiophene rings is 1. The van der Waals surface area contributed by atoms with Gasteiger partial charge in [0.05, 0.1) is 17.9 Å². The number of nitrogens with zero attached hydrogens (tertiary/aromatic N) is 1. The maximum absolute atomic E-state index is 13.5. The van der Waals surface area contributed by atoms with Crippen molar-refractivity contribution in [3.8, 4) is 5.75 Å². The van der Waals surface area contributed by atoms with Crippen molar-refractivity contribution in [3.05, 3.63) is 81.1 Å². The highest BCUT2D eigenvalue weighted by molar-refractivity contribution is 7.11. The highest BCUT2D eigenvalue weighted by Gasteiger charge is 2.42. The smallest absolute Gasteiger partial charge is 0.282 e. The zero-order chi connectivity index (χ0) is 22.0. The Morgan fingerprint density at radius 1 is 1.06 bits per heavy atom. The third kappa shape index (κ3) is 4.09. The molecule has 1 aromatic heterocycles. The largest absolute Gasteiger partial charge is 0.491 e. The summed E-state index contributed by atoms with van der Waals surface area (Å²) in [5, 5.41) is 5.60. The molecule has 0 aliphatic carbocycles. The number of carbonyl (C=O) groups is 2. The van der Waals surface area contributed by atoms with E-state index in [1.165, 1.54) is 16.2 Å². The molecule has 0 saturated carbocycles. The molecule has 158 valence electrons. The van der Waals surface area contributed by atoms with E-state index in [0.29, 0.717) is 34.3 Å². The number of amides is 2. The Balaban J connectivity index is 1.80. The third-order valence-electron chi connectivity index (χ3n) is 4.88. The number of ether oxygens (including phenoxy) is 1. The first-order chi connectivity index (χ1) is 15.0. The van der Waals surface area contributed by atoms with Crippen LogP contribution in [-0.4, -0.2) is 18.4 Å². The molecular formula is C24H21ClN2O3S. The molecule has 0 spiro atoms. The summed E-state index contributed by atoms with van der Waals surface area (Å²) in [4.78, 5) is 29.0. The molecule has 2 amide bonds. The van der Waals surface area contributed by atoms with Crippen molar-refractivity contribution in [2.24, 2.45) is 0 Å². The number of carbonyl (C=O) groups excluding carboxylic acids is 2. The predicted octanol–water partition coefficient (Wildman–Crippen LogP) is 5.90. The van der Waals surface area contributed by atoms with E-state index in [4.69, 9.17) is 16.3 Å². The standard InChI is InChI=1S/C24H21ClN2O3S/c1-3-12-30-19-8-5-4-7-18(19)27-23(28)21(20-9-6-13-31-20)22(24(27)29)26-17-14-16(25)11-10-15(17)2/h4-11,13-14,26H,3,12H2,1-2H3. The molecule has 0 radical (unpaired) electrons. The van der Waals surface area contributed by atoms with Crippen LogP contribution in [0.3, 0.4) is 0 Å².